The summed E-state index contributed by atoms with van der Waals surface area (Å²) in [6.07, 6.45) is 4.77. The zero-order chi connectivity index (χ0) is 13.1. The van der Waals surface area contributed by atoms with Crippen LogP contribution < -0.4 is 4.74 Å². The highest BCUT2D eigenvalue weighted by Crippen LogP contribution is 2.31. The number of nitrogens with zero attached hydrogens (tertiary/aromatic N) is 1. The average Bonchev–Trinajstić information content (AvgIpc) is 2.30. The third-order valence-electron chi connectivity index (χ3n) is 3.49. The minimum atomic E-state index is -0.418. The van der Waals surface area contributed by atoms with Gasteiger partial charge in [-0.25, -0.2) is 9.37 Å². The summed E-state index contributed by atoms with van der Waals surface area (Å²) in [7, 11) is 0. The van der Waals surface area contributed by atoms with Crippen molar-refractivity contribution < 1.29 is 9.13 Å². The molecule has 1 aliphatic carbocycles. The normalized spacial score (nSPS) is 28.1. The first-order chi connectivity index (χ1) is 8.60. The van der Waals surface area contributed by atoms with Gasteiger partial charge in [0.1, 0.15) is 6.10 Å². The van der Waals surface area contributed by atoms with Crippen LogP contribution in [-0.2, 0) is 5.88 Å². The smallest absolute Gasteiger partial charge is 0.250 e. The first-order valence-electron chi connectivity index (χ1n) is 6.46. The summed E-state index contributed by atoms with van der Waals surface area (Å²) in [5.41, 5.74) is 0.443. The van der Waals surface area contributed by atoms with E-state index in [0.717, 1.165) is 12.8 Å². The highest BCUT2D eigenvalue weighted by atomic mass is 35.5. The van der Waals surface area contributed by atoms with E-state index in [0.29, 0.717) is 17.4 Å². The molecule has 4 heteroatoms. The van der Waals surface area contributed by atoms with Crippen molar-refractivity contribution in [3.05, 3.63) is 23.6 Å². The molecule has 1 aliphatic rings. The van der Waals surface area contributed by atoms with Gasteiger partial charge in [-0.05, 0) is 37.2 Å². The Morgan fingerprint density at radius 1 is 1.33 bits per heavy atom. The number of alkyl halides is 1. The molecule has 2 atom stereocenters. The molecule has 1 aromatic heterocycles. The Balaban J connectivity index is 2.09. The van der Waals surface area contributed by atoms with Gasteiger partial charge in [0.05, 0.1) is 5.88 Å². The molecule has 1 heterocycles. The van der Waals surface area contributed by atoms with Crippen molar-refractivity contribution in [2.45, 2.75) is 45.1 Å². The van der Waals surface area contributed by atoms with Crippen LogP contribution in [0.1, 0.15) is 38.7 Å². The second kappa shape index (κ2) is 5.87. The van der Waals surface area contributed by atoms with Crippen molar-refractivity contribution in [2.75, 3.05) is 0 Å². The van der Waals surface area contributed by atoms with Crippen LogP contribution in [0.5, 0.6) is 5.88 Å². The van der Waals surface area contributed by atoms with Crippen LogP contribution in [0.2, 0.25) is 0 Å². The van der Waals surface area contributed by atoms with E-state index < -0.39 is 5.82 Å². The van der Waals surface area contributed by atoms with Crippen molar-refractivity contribution in [3.63, 3.8) is 0 Å². The van der Waals surface area contributed by atoms with Crippen molar-refractivity contribution in [2.24, 2.45) is 11.8 Å². The second-order valence-electron chi connectivity index (χ2n) is 5.38. The predicted molar refractivity (Wildman–Crippen MR) is 70.3 cm³/mol. The van der Waals surface area contributed by atoms with Gasteiger partial charge >= 0.3 is 0 Å². The van der Waals surface area contributed by atoms with Crippen molar-refractivity contribution >= 4 is 11.6 Å². The summed E-state index contributed by atoms with van der Waals surface area (Å²) < 4.78 is 19.7. The minimum absolute atomic E-state index is 0.0660. The molecule has 1 saturated carbocycles. The fraction of sp³-hybridized carbons (Fsp3) is 0.643. The van der Waals surface area contributed by atoms with E-state index in [-0.39, 0.29) is 17.9 Å². The molecule has 100 valence electrons. The van der Waals surface area contributed by atoms with Crippen molar-refractivity contribution in [1.82, 2.24) is 4.98 Å². The predicted octanol–water partition coefficient (Wildman–Crippen LogP) is 4.16. The summed E-state index contributed by atoms with van der Waals surface area (Å²) in [5.74, 6) is 1.07. The maximum absolute atomic E-state index is 14.0. The van der Waals surface area contributed by atoms with E-state index >= 15 is 0 Å². The van der Waals surface area contributed by atoms with Crippen molar-refractivity contribution in [1.29, 1.82) is 0 Å². The molecule has 0 N–H and O–H groups in total. The summed E-state index contributed by atoms with van der Waals surface area (Å²) in [5, 5.41) is 0. The molecule has 2 nitrogen and oxygen atoms in total. The van der Waals surface area contributed by atoms with Gasteiger partial charge in [-0.3, -0.25) is 0 Å². The first-order valence-corrected chi connectivity index (χ1v) is 6.99. The number of rotatable bonds is 3. The zero-order valence-electron chi connectivity index (χ0n) is 10.8. The molecule has 0 amide bonds. The van der Waals surface area contributed by atoms with Crippen LogP contribution in [0.3, 0.4) is 0 Å². The topological polar surface area (TPSA) is 22.1 Å². The summed E-state index contributed by atoms with van der Waals surface area (Å²) >= 11 is 5.67. The highest BCUT2D eigenvalue weighted by Gasteiger charge is 2.26. The maximum atomic E-state index is 14.0. The Bertz CT molecular complexity index is 403. The van der Waals surface area contributed by atoms with Gasteiger partial charge in [0.15, 0.2) is 5.82 Å². The van der Waals surface area contributed by atoms with Crippen LogP contribution in [-0.4, -0.2) is 11.1 Å². The SMILES string of the molecule is CC1CC(C)CC(Oc2nccc(CCl)c2F)C1. The Hall–Kier alpha value is -0.830. The van der Waals surface area contributed by atoms with Gasteiger partial charge in [-0.2, -0.15) is 0 Å². The molecule has 0 bridgehead atoms. The molecule has 18 heavy (non-hydrogen) atoms. The molecule has 2 unspecified atom stereocenters. The van der Waals surface area contributed by atoms with E-state index in [1.54, 1.807) is 12.3 Å². The lowest BCUT2D eigenvalue weighted by Gasteiger charge is -2.31. The fourth-order valence-electron chi connectivity index (χ4n) is 2.77. The van der Waals surface area contributed by atoms with E-state index in [1.165, 1.54) is 6.42 Å². The number of halogens is 2. The number of aromatic nitrogens is 1. The standard InChI is InChI=1S/C14H19ClFNO/c1-9-5-10(2)7-12(6-9)18-14-13(16)11(8-15)3-4-17-14/h3-4,9-10,12H,5-8H2,1-2H3. The van der Waals surface area contributed by atoms with Gasteiger partial charge in [-0.1, -0.05) is 13.8 Å². The molecular weight excluding hydrogens is 253 g/mol. The third-order valence-corrected chi connectivity index (χ3v) is 3.78. The fourth-order valence-corrected chi connectivity index (χ4v) is 2.98. The molecule has 2 rings (SSSR count). The summed E-state index contributed by atoms with van der Waals surface area (Å²) in [6, 6.07) is 1.58. The zero-order valence-corrected chi connectivity index (χ0v) is 11.6. The Morgan fingerprint density at radius 3 is 2.61 bits per heavy atom. The van der Waals surface area contributed by atoms with Crippen LogP contribution in [0, 0.1) is 17.7 Å². The number of hydrogen-bond donors (Lipinski definition) is 0. The van der Waals surface area contributed by atoms with Gasteiger partial charge in [0.25, 0.3) is 5.88 Å². The van der Waals surface area contributed by atoms with Gasteiger partial charge in [0.2, 0.25) is 0 Å². The monoisotopic (exact) mass is 271 g/mol. The van der Waals surface area contributed by atoms with E-state index in [1.807, 2.05) is 0 Å². The average molecular weight is 272 g/mol. The Labute approximate surface area is 113 Å². The first kappa shape index (κ1) is 13.6. The summed E-state index contributed by atoms with van der Waals surface area (Å²) in [4.78, 5) is 3.98. The lowest BCUT2D eigenvalue weighted by Crippen LogP contribution is -2.29. The van der Waals surface area contributed by atoms with E-state index in [9.17, 15) is 4.39 Å². The lowest BCUT2D eigenvalue weighted by molar-refractivity contribution is 0.0922. The number of pyridine rings is 1. The molecule has 1 fully saturated rings. The van der Waals surface area contributed by atoms with Gasteiger partial charge in [0, 0.05) is 11.8 Å². The van der Waals surface area contributed by atoms with Gasteiger partial charge < -0.3 is 4.74 Å². The van der Waals surface area contributed by atoms with Crippen LogP contribution in [0.25, 0.3) is 0 Å². The van der Waals surface area contributed by atoms with E-state index in [2.05, 4.69) is 18.8 Å². The molecule has 0 aromatic carbocycles. The van der Waals surface area contributed by atoms with Crippen molar-refractivity contribution in [3.8, 4) is 5.88 Å². The van der Waals surface area contributed by atoms with Crippen LogP contribution in [0.15, 0.2) is 12.3 Å². The Kier molecular flexibility index (Phi) is 4.44. The second-order valence-corrected chi connectivity index (χ2v) is 5.65. The van der Waals surface area contributed by atoms with Crippen LogP contribution in [0.4, 0.5) is 4.39 Å². The molecule has 0 aliphatic heterocycles. The third kappa shape index (κ3) is 3.14. The Morgan fingerprint density at radius 2 is 2.00 bits per heavy atom. The highest BCUT2D eigenvalue weighted by molar-refractivity contribution is 6.17. The molecule has 0 saturated heterocycles. The summed E-state index contributed by atoms with van der Waals surface area (Å²) in [6.45, 7) is 4.43. The molecule has 0 spiro atoms. The minimum Gasteiger partial charge on any atom is -0.472 e. The lowest BCUT2D eigenvalue weighted by atomic mass is 9.82. The molecule has 1 aromatic rings. The largest absolute Gasteiger partial charge is 0.472 e. The molecule has 0 radical (unpaired) electrons. The molecular formula is C14H19ClFNO. The van der Waals surface area contributed by atoms with E-state index in [4.69, 9.17) is 16.3 Å². The van der Waals surface area contributed by atoms with Crippen LogP contribution >= 0.6 is 11.6 Å². The number of ether oxygens (including phenoxy) is 1. The quantitative estimate of drug-likeness (QED) is 0.770. The number of hydrogen-bond acceptors (Lipinski definition) is 2. The maximum Gasteiger partial charge on any atom is 0.250 e. The van der Waals surface area contributed by atoms with Gasteiger partial charge in [-0.15, -0.1) is 11.6 Å².